The number of aromatic nitrogens is 3. The van der Waals surface area contributed by atoms with E-state index in [-0.39, 0.29) is 0 Å². The number of nitrogens with two attached hydrogens (primary N) is 1. The third kappa shape index (κ3) is 0.777. The van der Waals surface area contributed by atoms with Crippen molar-refractivity contribution in [1.29, 1.82) is 0 Å². The number of nitrogen functional groups attached to an aromatic ring is 1. The highest BCUT2D eigenvalue weighted by Gasteiger charge is 2.04. The van der Waals surface area contributed by atoms with Crippen LogP contribution in [0.15, 0.2) is 12.4 Å². The molecule has 12 heavy (non-hydrogen) atoms. The SMILES string of the molecule is Cc1ncc2c(N)cnn2c1C. The van der Waals surface area contributed by atoms with Gasteiger partial charge in [-0.2, -0.15) is 5.10 Å². The summed E-state index contributed by atoms with van der Waals surface area (Å²) in [6.45, 7) is 3.93. The quantitative estimate of drug-likeness (QED) is 0.627. The molecule has 0 aliphatic heterocycles. The summed E-state index contributed by atoms with van der Waals surface area (Å²) in [6.07, 6.45) is 3.38. The molecular formula is C8H10N4. The van der Waals surface area contributed by atoms with Crippen molar-refractivity contribution in [2.75, 3.05) is 5.73 Å². The average molecular weight is 162 g/mol. The molecule has 0 aliphatic rings. The number of rotatable bonds is 0. The first-order valence-corrected chi connectivity index (χ1v) is 3.75. The zero-order chi connectivity index (χ0) is 8.72. The maximum absolute atomic E-state index is 5.67. The number of aryl methyl sites for hydroxylation is 2. The largest absolute Gasteiger partial charge is 0.396 e. The second-order valence-electron chi connectivity index (χ2n) is 2.83. The van der Waals surface area contributed by atoms with Crippen molar-refractivity contribution in [2.24, 2.45) is 0 Å². The Morgan fingerprint density at radius 3 is 2.83 bits per heavy atom. The standard InChI is InChI=1S/C8H10N4/c1-5-6(2)12-8(4-10-5)7(9)3-11-12/h3-4H,9H2,1-2H3. The van der Waals surface area contributed by atoms with Crippen LogP contribution in [0.1, 0.15) is 11.4 Å². The van der Waals surface area contributed by atoms with Crippen molar-refractivity contribution in [3.63, 3.8) is 0 Å². The molecule has 0 amide bonds. The molecule has 0 atom stereocenters. The zero-order valence-electron chi connectivity index (χ0n) is 7.07. The lowest BCUT2D eigenvalue weighted by molar-refractivity contribution is 0.878. The minimum absolute atomic E-state index is 0.672. The van der Waals surface area contributed by atoms with Gasteiger partial charge in [0.05, 0.1) is 29.5 Å². The summed E-state index contributed by atoms with van der Waals surface area (Å²) >= 11 is 0. The molecule has 0 aliphatic carbocycles. The first-order valence-electron chi connectivity index (χ1n) is 3.75. The smallest absolute Gasteiger partial charge is 0.108 e. The Kier molecular flexibility index (Phi) is 1.30. The molecule has 4 heteroatoms. The van der Waals surface area contributed by atoms with Crippen molar-refractivity contribution in [3.05, 3.63) is 23.8 Å². The molecule has 0 aromatic carbocycles. The normalized spacial score (nSPS) is 10.8. The van der Waals surface area contributed by atoms with Crippen LogP contribution in [-0.2, 0) is 0 Å². The van der Waals surface area contributed by atoms with Crippen LogP contribution < -0.4 is 5.73 Å². The molecule has 2 aromatic rings. The Morgan fingerprint density at radius 2 is 2.08 bits per heavy atom. The molecule has 0 spiro atoms. The van der Waals surface area contributed by atoms with Gasteiger partial charge in [0.25, 0.3) is 0 Å². The predicted molar refractivity (Wildman–Crippen MR) is 46.9 cm³/mol. The van der Waals surface area contributed by atoms with E-state index in [2.05, 4.69) is 10.1 Å². The van der Waals surface area contributed by atoms with Crippen molar-refractivity contribution in [3.8, 4) is 0 Å². The molecule has 4 nitrogen and oxygen atoms in total. The minimum Gasteiger partial charge on any atom is -0.396 e. The van der Waals surface area contributed by atoms with Crippen LogP contribution in [0.2, 0.25) is 0 Å². The third-order valence-electron chi connectivity index (χ3n) is 2.06. The van der Waals surface area contributed by atoms with Crippen LogP contribution in [0.4, 0.5) is 5.69 Å². The number of anilines is 1. The van der Waals surface area contributed by atoms with Crippen LogP contribution in [0.25, 0.3) is 5.52 Å². The number of fused-ring (bicyclic) bond motifs is 1. The first kappa shape index (κ1) is 7.09. The van der Waals surface area contributed by atoms with Crippen LogP contribution >= 0.6 is 0 Å². The summed E-state index contributed by atoms with van der Waals surface area (Å²) in [5.74, 6) is 0. The molecule has 0 radical (unpaired) electrons. The van der Waals surface area contributed by atoms with E-state index in [0.717, 1.165) is 16.9 Å². The van der Waals surface area contributed by atoms with Gasteiger partial charge >= 0.3 is 0 Å². The summed E-state index contributed by atoms with van der Waals surface area (Å²) in [4.78, 5) is 4.20. The summed E-state index contributed by atoms with van der Waals surface area (Å²) in [7, 11) is 0. The Morgan fingerprint density at radius 1 is 1.33 bits per heavy atom. The second-order valence-corrected chi connectivity index (χ2v) is 2.83. The Bertz CT molecular complexity index is 430. The van der Waals surface area contributed by atoms with Gasteiger partial charge in [-0.3, -0.25) is 4.98 Å². The number of hydrogen-bond acceptors (Lipinski definition) is 3. The Balaban J connectivity index is 2.93. The van der Waals surface area contributed by atoms with Crippen LogP contribution in [-0.4, -0.2) is 14.6 Å². The molecule has 0 unspecified atom stereocenters. The molecule has 2 aromatic heterocycles. The van der Waals surface area contributed by atoms with E-state index in [0.29, 0.717) is 5.69 Å². The van der Waals surface area contributed by atoms with Crippen molar-refractivity contribution >= 4 is 11.2 Å². The molecular weight excluding hydrogens is 152 g/mol. The Hall–Kier alpha value is -1.58. The molecule has 2 rings (SSSR count). The third-order valence-corrected chi connectivity index (χ3v) is 2.06. The summed E-state index contributed by atoms with van der Waals surface area (Å²) < 4.78 is 1.80. The van der Waals surface area contributed by atoms with E-state index in [4.69, 9.17) is 5.73 Å². The molecule has 0 fully saturated rings. The monoisotopic (exact) mass is 162 g/mol. The first-order chi connectivity index (χ1) is 5.70. The van der Waals surface area contributed by atoms with Gasteiger partial charge in [-0.05, 0) is 13.8 Å². The minimum atomic E-state index is 0.672. The van der Waals surface area contributed by atoms with E-state index < -0.39 is 0 Å². The maximum Gasteiger partial charge on any atom is 0.108 e. The highest BCUT2D eigenvalue weighted by molar-refractivity contribution is 5.67. The topological polar surface area (TPSA) is 56.2 Å². The lowest BCUT2D eigenvalue weighted by atomic mass is 10.3. The average Bonchev–Trinajstić information content (AvgIpc) is 2.41. The van der Waals surface area contributed by atoms with Gasteiger partial charge in [0.15, 0.2) is 0 Å². The van der Waals surface area contributed by atoms with Gasteiger partial charge in [0.1, 0.15) is 5.52 Å². The summed E-state index contributed by atoms with van der Waals surface area (Å²) in [5, 5.41) is 4.13. The lowest BCUT2D eigenvalue weighted by Gasteiger charge is -2.01. The van der Waals surface area contributed by atoms with E-state index in [9.17, 15) is 0 Å². The van der Waals surface area contributed by atoms with Gasteiger partial charge in [0, 0.05) is 0 Å². The van der Waals surface area contributed by atoms with Gasteiger partial charge in [-0.15, -0.1) is 0 Å². The van der Waals surface area contributed by atoms with Crippen molar-refractivity contribution < 1.29 is 0 Å². The van der Waals surface area contributed by atoms with Crippen LogP contribution in [0, 0.1) is 13.8 Å². The fraction of sp³-hybridized carbons (Fsp3) is 0.250. The van der Waals surface area contributed by atoms with Crippen LogP contribution in [0.5, 0.6) is 0 Å². The predicted octanol–water partition coefficient (Wildman–Crippen LogP) is 0.928. The maximum atomic E-state index is 5.67. The van der Waals surface area contributed by atoms with E-state index in [1.165, 1.54) is 0 Å². The molecule has 2 N–H and O–H groups in total. The number of nitrogens with zero attached hydrogens (tertiary/aromatic N) is 3. The lowest BCUT2D eigenvalue weighted by Crippen LogP contribution is -1.98. The summed E-state index contributed by atoms with van der Waals surface area (Å²) in [5.41, 5.74) is 9.23. The highest BCUT2D eigenvalue weighted by Crippen LogP contribution is 2.13. The van der Waals surface area contributed by atoms with E-state index >= 15 is 0 Å². The van der Waals surface area contributed by atoms with Gasteiger partial charge in [-0.25, -0.2) is 4.52 Å². The fourth-order valence-corrected chi connectivity index (χ4v) is 1.17. The summed E-state index contributed by atoms with van der Waals surface area (Å²) in [6, 6.07) is 0. The van der Waals surface area contributed by atoms with Gasteiger partial charge in [-0.1, -0.05) is 0 Å². The molecule has 0 saturated heterocycles. The molecule has 2 heterocycles. The zero-order valence-corrected chi connectivity index (χ0v) is 7.07. The molecule has 0 bridgehead atoms. The number of hydrogen-bond donors (Lipinski definition) is 1. The second kappa shape index (κ2) is 2.20. The van der Waals surface area contributed by atoms with E-state index in [1.807, 2.05) is 13.8 Å². The fourth-order valence-electron chi connectivity index (χ4n) is 1.17. The van der Waals surface area contributed by atoms with E-state index in [1.54, 1.807) is 16.9 Å². The highest BCUT2D eigenvalue weighted by atomic mass is 15.2. The van der Waals surface area contributed by atoms with Gasteiger partial charge in [0.2, 0.25) is 0 Å². The van der Waals surface area contributed by atoms with Gasteiger partial charge < -0.3 is 5.73 Å². The van der Waals surface area contributed by atoms with Crippen molar-refractivity contribution in [2.45, 2.75) is 13.8 Å². The van der Waals surface area contributed by atoms with Crippen molar-refractivity contribution in [1.82, 2.24) is 14.6 Å². The molecule has 0 saturated carbocycles. The molecule has 62 valence electrons. The Labute approximate surface area is 70.0 Å². The van der Waals surface area contributed by atoms with Crippen LogP contribution in [0.3, 0.4) is 0 Å².